The van der Waals surface area contributed by atoms with Gasteiger partial charge in [-0.05, 0) is 6.92 Å². The number of morpholine rings is 1. The van der Waals surface area contributed by atoms with Crippen LogP contribution in [0.2, 0.25) is 0 Å². The molecule has 1 heterocycles. The van der Waals surface area contributed by atoms with Crippen LogP contribution in [-0.2, 0) is 14.3 Å². The van der Waals surface area contributed by atoms with Gasteiger partial charge in [-0.3, -0.25) is 9.59 Å². The Kier molecular flexibility index (Phi) is 6.23. The van der Waals surface area contributed by atoms with Crippen molar-refractivity contribution in [3.8, 4) is 0 Å². The number of likely N-dealkylation sites (N-methyl/N-ethyl adjacent to an activating group) is 1. The van der Waals surface area contributed by atoms with Crippen molar-refractivity contribution in [2.75, 3.05) is 39.9 Å². The van der Waals surface area contributed by atoms with Crippen molar-refractivity contribution in [3.63, 3.8) is 0 Å². The third kappa shape index (κ3) is 4.37. The van der Waals surface area contributed by atoms with E-state index in [1.165, 1.54) is 16.8 Å². The number of carboxylic acids is 1. The second-order valence-electron chi connectivity index (χ2n) is 4.53. The van der Waals surface area contributed by atoms with E-state index in [4.69, 9.17) is 9.84 Å². The highest BCUT2D eigenvalue weighted by molar-refractivity contribution is 5.87. The summed E-state index contributed by atoms with van der Waals surface area (Å²) in [4.78, 5) is 37.4. The van der Waals surface area contributed by atoms with Gasteiger partial charge in [0, 0.05) is 26.7 Å². The monoisotopic (exact) mass is 287 g/mol. The molecule has 0 spiro atoms. The molecule has 8 nitrogen and oxygen atoms in total. The molecule has 0 aromatic carbocycles. The average Bonchev–Trinajstić information content (AvgIpc) is 2.44. The summed E-state index contributed by atoms with van der Waals surface area (Å²) in [6.07, 6.45) is -0.127. The third-order valence-corrected chi connectivity index (χ3v) is 3.02. The highest BCUT2D eigenvalue weighted by Crippen LogP contribution is 2.10. The van der Waals surface area contributed by atoms with Crippen LogP contribution in [-0.4, -0.2) is 78.8 Å². The Morgan fingerprint density at radius 2 is 2.15 bits per heavy atom. The van der Waals surface area contributed by atoms with Gasteiger partial charge in [0.1, 0.15) is 6.04 Å². The van der Waals surface area contributed by atoms with Crippen LogP contribution in [0.25, 0.3) is 0 Å². The molecule has 1 saturated heterocycles. The van der Waals surface area contributed by atoms with Crippen molar-refractivity contribution in [3.05, 3.63) is 0 Å². The van der Waals surface area contributed by atoms with E-state index in [-0.39, 0.29) is 31.5 Å². The molecule has 1 atom stereocenters. The molecule has 1 aliphatic heterocycles. The van der Waals surface area contributed by atoms with Gasteiger partial charge in [-0.25, -0.2) is 4.79 Å². The lowest BCUT2D eigenvalue weighted by Gasteiger charge is -2.36. The molecule has 0 aromatic rings. The Hall–Kier alpha value is -1.83. The zero-order valence-corrected chi connectivity index (χ0v) is 11.8. The molecule has 0 aromatic heterocycles. The first-order chi connectivity index (χ1) is 9.47. The predicted octanol–water partition coefficient (Wildman–Crippen LogP) is -0.650. The van der Waals surface area contributed by atoms with Gasteiger partial charge in [0.25, 0.3) is 0 Å². The fraction of sp³-hybridized carbons (Fsp3) is 0.750. The summed E-state index contributed by atoms with van der Waals surface area (Å²) < 4.78 is 5.24. The van der Waals surface area contributed by atoms with Gasteiger partial charge in [0.15, 0.2) is 0 Å². The number of ether oxygens (including phenoxy) is 1. The lowest BCUT2D eigenvalue weighted by atomic mass is 10.2. The number of amides is 3. The maximum absolute atomic E-state index is 12.3. The molecule has 20 heavy (non-hydrogen) atoms. The van der Waals surface area contributed by atoms with Crippen molar-refractivity contribution >= 4 is 17.9 Å². The summed E-state index contributed by atoms with van der Waals surface area (Å²) in [7, 11) is 1.52. The normalized spacial score (nSPS) is 18.5. The maximum atomic E-state index is 12.3. The standard InChI is InChI=1S/C12H21N3O5/c1-3-13-11(18)9-8-20-7-6-15(9)12(19)14(2)5-4-10(16)17/h9H,3-8H2,1-2H3,(H,13,18)(H,16,17). The molecule has 2 N–H and O–H groups in total. The number of rotatable bonds is 5. The Balaban J connectivity index is 2.66. The first kappa shape index (κ1) is 16.2. The Morgan fingerprint density at radius 3 is 2.75 bits per heavy atom. The summed E-state index contributed by atoms with van der Waals surface area (Å²) >= 11 is 0. The minimum Gasteiger partial charge on any atom is -0.481 e. The molecule has 8 heteroatoms. The van der Waals surface area contributed by atoms with Crippen LogP contribution in [0.3, 0.4) is 0 Å². The van der Waals surface area contributed by atoms with Crippen LogP contribution in [0, 0.1) is 0 Å². The molecule has 0 radical (unpaired) electrons. The van der Waals surface area contributed by atoms with Gasteiger partial charge in [0.05, 0.1) is 19.6 Å². The highest BCUT2D eigenvalue weighted by atomic mass is 16.5. The Morgan fingerprint density at radius 1 is 1.45 bits per heavy atom. The van der Waals surface area contributed by atoms with Crippen molar-refractivity contribution < 1.29 is 24.2 Å². The summed E-state index contributed by atoms with van der Waals surface area (Å²) in [6, 6.07) is -1.02. The van der Waals surface area contributed by atoms with Crippen LogP contribution in [0.5, 0.6) is 0 Å². The minimum atomic E-state index is -0.966. The summed E-state index contributed by atoms with van der Waals surface area (Å²) in [5.41, 5.74) is 0. The summed E-state index contributed by atoms with van der Waals surface area (Å²) in [5, 5.41) is 11.3. The quantitative estimate of drug-likeness (QED) is 0.700. The fourth-order valence-electron chi connectivity index (χ4n) is 1.92. The number of carbonyl (C=O) groups is 3. The highest BCUT2D eigenvalue weighted by Gasteiger charge is 2.34. The molecule has 0 bridgehead atoms. The van der Waals surface area contributed by atoms with Gasteiger partial charge < -0.3 is 25.0 Å². The lowest BCUT2D eigenvalue weighted by molar-refractivity contribution is -0.137. The Labute approximate surface area is 117 Å². The first-order valence-electron chi connectivity index (χ1n) is 6.56. The predicted molar refractivity (Wildman–Crippen MR) is 70.3 cm³/mol. The third-order valence-electron chi connectivity index (χ3n) is 3.02. The number of aliphatic carboxylic acids is 1. The van der Waals surface area contributed by atoms with E-state index in [0.29, 0.717) is 19.7 Å². The first-order valence-corrected chi connectivity index (χ1v) is 6.56. The molecule has 1 aliphatic rings. The largest absolute Gasteiger partial charge is 0.481 e. The van der Waals surface area contributed by atoms with E-state index < -0.39 is 12.0 Å². The summed E-state index contributed by atoms with van der Waals surface area (Å²) in [5.74, 6) is -1.22. The van der Waals surface area contributed by atoms with Crippen molar-refractivity contribution in [1.82, 2.24) is 15.1 Å². The van der Waals surface area contributed by atoms with Crippen LogP contribution in [0.1, 0.15) is 13.3 Å². The number of nitrogens with zero attached hydrogens (tertiary/aromatic N) is 2. The van der Waals surface area contributed by atoms with Crippen LogP contribution >= 0.6 is 0 Å². The van der Waals surface area contributed by atoms with E-state index in [2.05, 4.69) is 5.32 Å². The van der Waals surface area contributed by atoms with Crippen LogP contribution < -0.4 is 5.32 Å². The van der Waals surface area contributed by atoms with E-state index in [0.717, 1.165) is 0 Å². The minimum absolute atomic E-state index is 0.105. The van der Waals surface area contributed by atoms with Crippen molar-refractivity contribution in [2.45, 2.75) is 19.4 Å². The molecule has 3 amide bonds. The average molecular weight is 287 g/mol. The lowest BCUT2D eigenvalue weighted by Crippen LogP contribution is -2.58. The molecule has 1 unspecified atom stereocenters. The topological polar surface area (TPSA) is 99.2 Å². The van der Waals surface area contributed by atoms with Crippen molar-refractivity contribution in [1.29, 1.82) is 0 Å². The van der Waals surface area contributed by atoms with Gasteiger partial charge in [-0.2, -0.15) is 0 Å². The van der Waals surface area contributed by atoms with E-state index in [9.17, 15) is 14.4 Å². The van der Waals surface area contributed by atoms with Gasteiger partial charge in [0.2, 0.25) is 5.91 Å². The van der Waals surface area contributed by atoms with Crippen LogP contribution in [0.15, 0.2) is 0 Å². The number of nitrogens with one attached hydrogen (secondary N) is 1. The molecule has 1 rings (SSSR count). The maximum Gasteiger partial charge on any atom is 0.320 e. The molecular weight excluding hydrogens is 266 g/mol. The summed E-state index contributed by atoms with van der Waals surface area (Å²) in [6.45, 7) is 3.23. The molecule has 114 valence electrons. The van der Waals surface area contributed by atoms with Crippen molar-refractivity contribution in [2.24, 2.45) is 0 Å². The zero-order chi connectivity index (χ0) is 15.1. The fourth-order valence-corrected chi connectivity index (χ4v) is 1.92. The van der Waals surface area contributed by atoms with Gasteiger partial charge >= 0.3 is 12.0 Å². The molecule has 0 aliphatic carbocycles. The molecule has 1 fully saturated rings. The van der Waals surface area contributed by atoms with E-state index in [1.54, 1.807) is 6.92 Å². The number of carbonyl (C=O) groups excluding carboxylic acids is 2. The van der Waals surface area contributed by atoms with E-state index in [1.807, 2.05) is 0 Å². The van der Waals surface area contributed by atoms with E-state index >= 15 is 0 Å². The number of hydrogen-bond donors (Lipinski definition) is 2. The number of urea groups is 1. The number of hydrogen-bond acceptors (Lipinski definition) is 4. The van der Waals surface area contributed by atoms with Crippen LogP contribution in [0.4, 0.5) is 4.79 Å². The Bertz CT molecular complexity index is 374. The molecule has 0 saturated carbocycles. The van der Waals surface area contributed by atoms with Gasteiger partial charge in [-0.1, -0.05) is 0 Å². The smallest absolute Gasteiger partial charge is 0.320 e. The second-order valence-corrected chi connectivity index (χ2v) is 4.53. The molecular formula is C12H21N3O5. The number of carboxylic acid groups (broad SMARTS) is 1. The second kappa shape index (κ2) is 7.68. The SMILES string of the molecule is CCNC(=O)C1COCCN1C(=O)N(C)CCC(=O)O. The zero-order valence-electron chi connectivity index (χ0n) is 11.8. The van der Waals surface area contributed by atoms with Gasteiger partial charge in [-0.15, -0.1) is 0 Å².